The molecule has 0 fully saturated rings. The summed E-state index contributed by atoms with van der Waals surface area (Å²) in [6.07, 6.45) is 0.681. The average Bonchev–Trinajstić information content (AvgIpc) is 2.55. The molecule has 0 bridgehead atoms. The van der Waals surface area contributed by atoms with E-state index in [-0.39, 0.29) is 29.0 Å². The van der Waals surface area contributed by atoms with Gasteiger partial charge in [-0.3, -0.25) is 14.9 Å². The van der Waals surface area contributed by atoms with Gasteiger partial charge in [-0.1, -0.05) is 6.07 Å². The Kier molecular flexibility index (Phi) is 4.53. The van der Waals surface area contributed by atoms with E-state index in [9.17, 15) is 19.3 Å². The van der Waals surface area contributed by atoms with Gasteiger partial charge in [-0.25, -0.2) is 4.39 Å². The van der Waals surface area contributed by atoms with E-state index in [1.54, 1.807) is 30.8 Å². The van der Waals surface area contributed by atoms with Gasteiger partial charge in [-0.05, 0) is 43.2 Å². The fraction of sp³-hybridized carbons (Fsp3) is 0.235. The van der Waals surface area contributed by atoms with Gasteiger partial charge in [0.2, 0.25) is 0 Å². The van der Waals surface area contributed by atoms with Gasteiger partial charge in [-0.2, -0.15) is 0 Å². The van der Waals surface area contributed by atoms with Crippen molar-refractivity contribution >= 4 is 23.4 Å². The third-order valence-corrected chi connectivity index (χ3v) is 5.19. The Morgan fingerprint density at radius 2 is 2.17 bits per heavy atom. The van der Waals surface area contributed by atoms with Gasteiger partial charge in [0.25, 0.3) is 11.6 Å². The summed E-state index contributed by atoms with van der Waals surface area (Å²) in [5, 5.41) is 13.9. The Balaban J connectivity index is 1.88. The predicted molar refractivity (Wildman–Crippen MR) is 89.8 cm³/mol. The van der Waals surface area contributed by atoms with Gasteiger partial charge in [0.15, 0.2) is 0 Å². The van der Waals surface area contributed by atoms with E-state index in [1.807, 2.05) is 0 Å². The number of hydrogen-bond acceptors (Lipinski definition) is 4. The number of amides is 1. The lowest BCUT2D eigenvalue weighted by molar-refractivity contribution is -0.385. The first-order valence-electron chi connectivity index (χ1n) is 7.44. The molecule has 0 saturated carbocycles. The summed E-state index contributed by atoms with van der Waals surface area (Å²) < 4.78 is 13.5. The zero-order chi connectivity index (χ0) is 17.3. The van der Waals surface area contributed by atoms with Crippen LogP contribution in [0.3, 0.4) is 0 Å². The highest BCUT2D eigenvalue weighted by Crippen LogP contribution is 2.36. The topological polar surface area (TPSA) is 72.2 Å². The molecule has 3 rings (SSSR count). The third kappa shape index (κ3) is 3.12. The molecule has 1 atom stereocenters. The Bertz CT molecular complexity index is 825. The second-order valence-corrected chi connectivity index (χ2v) is 6.69. The number of nitro benzene ring substituents is 1. The van der Waals surface area contributed by atoms with Crippen LogP contribution in [-0.4, -0.2) is 16.6 Å². The van der Waals surface area contributed by atoms with Crippen molar-refractivity contribution in [3.05, 3.63) is 69.0 Å². The normalized spacial score (nSPS) is 16.3. The van der Waals surface area contributed by atoms with E-state index in [4.69, 9.17) is 0 Å². The second kappa shape index (κ2) is 6.60. The van der Waals surface area contributed by atoms with Crippen LogP contribution < -0.4 is 5.32 Å². The number of fused-ring (bicyclic) bond motifs is 1. The number of nitrogens with zero attached hydrogens (tertiary/aromatic N) is 1. The van der Waals surface area contributed by atoms with E-state index in [1.165, 1.54) is 24.3 Å². The number of nitrogens with one attached hydrogen (secondary N) is 1. The van der Waals surface area contributed by atoms with E-state index < -0.39 is 4.92 Å². The van der Waals surface area contributed by atoms with Gasteiger partial charge in [0, 0.05) is 27.8 Å². The minimum Gasteiger partial charge on any atom is -0.345 e. The number of rotatable bonds is 3. The summed E-state index contributed by atoms with van der Waals surface area (Å²) in [4.78, 5) is 24.0. The van der Waals surface area contributed by atoms with E-state index in [2.05, 4.69) is 5.32 Å². The van der Waals surface area contributed by atoms with E-state index >= 15 is 0 Å². The molecule has 2 aromatic carbocycles. The van der Waals surface area contributed by atoms with E-state index in [0.717, 1.165) is 16.2 Å². The highest BCUT2D eigenvalue weighted by molar-refractivity contribution is 7.99. The van der Waals surface area contributed by atoms with Crippen LogP contribution in [0.2, 0.25) is 0 Å². The van der Waals surface area contributed by atoms with Crippen molar-refractivity contribution in [3.63, 3.8) is 0 Å². The van der Waals surface area contributed by atoms with Crippen molar-refractivity contribution < 1.29 is 14.1 Å². The Morgan fingerprint density at radius 3 is 2.92 bits per heavy atom. The number of thioether (sulfide) groups is 1. The van der Waals surface area contributed by atoms with Crippen molar-refractivity contribution in [1.29, 1.82) is 0 Å². The van der Waals surface area contributed by atoms with Gasteiger partial charge in [0.1, 0.15) is 5.82 Å². The zero-order valence-electron chi connectivity index (χ0n) is 12.9. The Labute approximate surface area is 142 Å². The highest BCUT2D eigenvalue weighted by atomic mass is 32.2. The Hall–Kier alpha value is -2.41. The number of nitro groups is 1. The molecule has 1 aliphatic heterocycles. The zero-order valence-corrected chi connectivity index (χ0v) is 13.7. The summed E-state index contributed by atoms with van der Waals surface area (Å²) in [7, 11) is 0. The summed E-state index contributed by atoms with van der Waals surface area (Å²) in [6.45, 7) is 1.55. The summed E-state index contributed by atoms with van der Waals surface area (Å²) in [5.74, 6) is 0.0858. The maximum absolute atomic E-state index is 13.5. The molecular formula is C17H15FN2O3S. The fourth-order valence-corrected chi connectivity index (χ4v) is 3.92. The highest BCUT2D eigenvalue weighted by Gasteiger charge is 2.25. The van der Waals surface area contributed by atoms with Crippen LogP contribution in [0.1, 0.15) is 33.9 Å². The maximum Gasteiger partial charge on any atom is 0.273 e. The van der Waals surface area contributed by atoms with Gasteiger partial charge in [-0.15, -0.1) is 11.8 Å². The molecule has 0 aliphatic carbocycles. The minimum atomic E-state index is -0.506. The van der Waals surface area contributed by atoms with Crippen LogP contribution in [0.15, 0.2) is 41.3 Å². The largest absolute Gasteiger partial charge is 0.345 e. The standard InChI is InChI=1S/C17H15FN2O3S/c1-10-12(3-2-4-15(10)20(22)23)17(21)19-14-7-8-24-16-6-5-11(18)9-13(14)16/h2-6,9,14H,7-8H2,1H3,(H,19,21). The number of halogens is 1. The number of carbonyl (C=O) groups excluding carboxylic acids is 1. The fourth-order valence-electron chi connectivity index (χ4n) is 2.82. The molecular weight excluding hydrogens is 331 g/mol. The molecule has 0 radical (unpaired) electrons. The molecule has 5 nitrogen and oxygen atoms in total. The number of benzene rings is 2. The Morgan fingerprint density at radius 1 is 1.38 bits per heavy atom. The van der Waals surface area contributed by atoms with Crippen LogP contribution in [0.4, 0.5) is 10.1 Å². The molecule has 24 heavy (non-hydrogen) atoms. The third-order valence-electron chi connectivity index (χ3n) is 4.06. The summed E-state index contributed by atoms with van der Waals surface area (Å²) >= 11 is 1.63. The van der Waals surface area contributed by atoms with Crippen LogP contribution in [0.5, 0.6) is 0 Å². The molecule has 124 valence electrons. The van der Waals surface area contributed by atoms with Gasteiger partial charge in [0.05, 0.1) is 11.0 Å². The molecule has 1 heterocycles. The average molecular weight is 346 g/mol. The molecule has 0 spiro atoms. The van der Waals surface area contributed by atoms with E-state index in [0.29, 0.717) is 12.0 Å². The molecule has 2 aromatic rings. The summed E-state index contributed by atoms with van der Waals surface area (Å²) in [5.41, 5.74) is 1.25. The quantitative estimate of drug-likeness (QED) is 0.673. The van der Waals surface area contributed by atoms with Crippen LogP contribution in [0, 0.1) is 22.9 Å². The lowest BCUT2D eigenvalue weighted by Crippen LogP contribution is -2.31. The second-order valence-electron chi connectivity index (χ2n) is 5.55. The number of carbonyl (C=O) groups is 1. The van der Waals surface area contributed by atoms with Gasteiger partial charge >= 0.3 is 0 Å². The monoisotopic (exact) mass is 346 g/mol. The summed E-state index contributed by atoms with van der Waals surface area (Å²) in [6, 6.07) is 8.67. The van der Waals surface area contributed by atoms with Crippen LogP contribution in [-0.2, 0) is 0 Å². The first-order chi connectivity index (χ1) is 11.5. The number of hydrogen-bond donors (Lipinski definition) is 1. The molecule has 0 saturated heterocycles. The smallest absolute Gasteiger partial charge is 0.273 e. The van der Waals surface area contributed by atoms with Crippen molar-refractivity contribution in [2.24, 2.45) is 0 Å². The maximum atomic E-state index is 13.5. The van der Waals surface area contributed by atoms with Crippen molar-refractivity contribution in [1.82, 2.24) is 5.32 Å². The first kappa shape index (κ1) is 16.4. The van der Waals surface area contributed by atoms with Crippen molar-refractivity contribution in [2.45, 2.75) is 24.3 Å². The molecule has 7 heteroatoms. The van der Waals surface area contributed by atoms with Crippen molar-refractivity contribution in [3.8, 4) is 0 Å². The van der Waals surface area contributed by atoms with Gasteiger partial charge < -0.3 is 5.32 Å². The lowest BCUT2D eigenvalue weighted by Gasteiger charge is -2.26. The lowest BCUT2D eigenvalue weighted by atomic mass is 10.0. The predicted octanol–water partition coefficient (Wildman–Crippen LogP) is 4.01. The van der Waals surface area contributed by atoms with Crippen LogP contribution >= 0.6 is 11.8 Å². The van der Waals surface area contributed by atoms with Crippen molar-refractivity contribution in [2.75, 3.05) is 5.75 Å². The molecule has 1 amide bonds. The SMILES string of the molecule is Cc1c(C(=O)NC2CCSc3ccc(F)cc32)cccc1[N+](=O)[O-]. The minimum absolute atomic E-state index is 0.0895. The molecule has 1 unspecified atom stereocenters. The molecule has 1 aliphatic rings. The molecule has 1 N–H and O–H groups in total. The molecule has 0 aromatic heterocycles. The van der Waals surface area contributed by atoms with Crippen LogP contribution in [0.25, 0.3) is 0 Å². The first-order valence-corrected chi connectivity index (χ1v) is 8.43.